The highest BCUT2D eigenvalue weighted by Crippen LogP contribution is 2.36. The summed E-state index contributed by atoms with van der Waals surface area (Å²) in [5.74, 6) is -1.55. The Morgan fingerprint density at radius 3 is 2.33 bits per heavy atom. The zero-order valence-electron chi connectivity index (χ0n) is 12.2. The summed E-state index contributed by atoms with van der Waals surface area (Å²) in [7, 11) is 1.45. The maximum atomic E-state index is 12.3. The summed E-state index contributed by atoms with van der Waals surface area (Å²) in [4.78, 5) is 23.8. The highest BCUT2D eigenvalue weighted by molar-refractivity contribution is 6.04. The average molecular weight is 284 g/mol. The van der Waals surface area contributed by atoms with Gasteiger partial charge < -0.3 is 5.32 Å². The van der Waals surface area contributed by atoms with Gasteiger partial charge in [-0.25, -0.2) is 0 Å². The number of hydrogen-bond acceptors (Lipinski definition) is 3. The molecule has 1 amide bonds. The van der Waals surface area contributed by atoms with Gasteiger partial charge in [0, 0.05) is 13.0 Å². The number of benzene rings is 1. The van der Waals surface area contributed by atoms with Crippen LogP contribution in [0.1, 0.15) is 37.2 Å². The number of carbonyl (C=O) groups is 2. The zero-order valence-corrected chi connectivity index (χ0v) is 12.2. The fourth-order valence-corrected chi connectivity index (χ4v) is 3.07. The number of carbonyl (C=O) groups excluding carboxylic acids is 2. The first-order chi connectivity index (χ1) is 10.2. The maximum Gasteiger partial charge on any atom is 0.244 e. The van der Waals surface area contributed by atoms with Crippen molar-refractivity contribution in [1.82, 2.24) is 5.32 Å². The molecule has 0 heterocycles. The number of rotatable bonds is 4. The number of hydrogen-bond donors (Lipinski definition) is 1. The van der Waals surface area contributed by atoms with Gasteiger partial charge in [0.25, 0.3) is 0 Å². The number of nitrogens with zero attached hydrogens (tertiary/aromatic N) is 1. The first kappa shape index (κ1) is 15.2. The maximum absolute atomic E-state index is 12.3. The molecule has 0 radical (unpaired) electrons. The van der Waals surface area contributed by atoms with Gasteiger partial charge in [0.1, 0.15) is 0 Å². The van der Waals surface area contributed by atoms with Crippen LogP contribution < -0.4 is 5.32 Å². The van der Waals surface area contributed by atoms with Crippen LogP contribution in [0.25, 0.3) is 0 Å². The number of ketones is 1. The second-order valence-electron chi connectivity index (χ2n) is 5.54. The van der Waals surface area contributed by atoms with Crippen LogP contribution >= 0.6 is 0 Å². The second-order valence-corrected chi connectivity index (χ2v) is 5.54. The zero-order chi connectivity index (χ0) is 15.2. The minimum Gasteiger partial charge on any atom is -0.358 e. The monoisotopic (exact) mass is 284 g/mol. The van der Waals surface area contributed by atoms with E-state index in [4.69, 9.17) is 5.26 Å². The molecule has 0 saturated heterocycles. The summed E-state index contributed by atoms with van der Waals surface area (Å²) in [5, 5.41) is 11.4. The van der Waals surface area contributed by atoms with E-state index >= 15 is 0 Å². The SMILES string of the molecule is CNC(=O)[C@@H](C#N)C(=O)C1CCC(c2ccccc2)CC1. The molecule has 2 rings (SSSR count). The molecular formula is C17H20N2O2. The second kappa shape index (κ2) is 7.03. The Labute approximate surface area is 125 Å². The standard InChI is InChI=1S/C17H20N2O2/c1-19-17(21)15(11-18)16(20)14-9-7-13(8-10-14)12-5-3-2-4-6-12/h2-6,13-15H,7-10H2,1H3,(H,19,21)/t13?,14?,15-/m0/s1. The fourth-order valence-electron chi connectivity index (χ4n) is 3.07. The normalized spacial score (nSPS) is 22.9. The number of nitriles is 1. The third-order valence-corrected chi connectivity index (χ3v) is 4.32. The molecule has 1 aliphatic carbocycles. The Bertz CT molecular complexity index is 540. The molecular weight excluding hydrogens is 264 g/mol. The van der Waals surface area contributed by atoms with Crippen LogP contribution in [-0.2, 0) is 9.59 Å². The Hall–Kier alpha value is -2.15. The van der Waals surface area contributed by atoms with E-state index in [2.05, 4.69) is 17.4 Å². The summed E-state index contributed by atoms with van der Waals surface area (Å²) in [5.41, 5.74) is 1.31. The van der Waals surface area contributed by atoms with E-state index < -0.39 is 11.8 Å². The van der Waals surface area contributed by atoms with Crippen LogP contribution in [0.15, 0.2) is 30.3 Å². The molecule has 0 aromatic heterocycles. The van der Waals surface area contributed by atoms with Gasteiger partial charge >= 0.3 is 0 Å². The molecule has 0 bridgehead atoms. The summed E-state index contributed by atoms with van der Waals surface area (Å²) < 4.78 is 0. The van der Waals surface area contributed by atoms with Crippen molar-refractivity contribution < 1.29 is 9.59 Å². The van der Waals surface area contributed by atoms with Gasteiger partial charge in [0.05, 0.1) is 6.07 Å². The summed E-state index contributed by atoms with van der Waals surface area (Å²) in [6.07, 6.45) is 3.39. The molecule has 4 heteroatoms. The Kier molecular flexibility index (Phi) is 5.10. The third-order valence-electron chi connectivity index (χ3n) is 4.32. The van der Waals surface area contributed by atoms with Crippen LogP contribution in [0.2, 0.25) is 0 Å². The molecule has 4 nitrogen and oxygen atoms in total. The van der Waals surface area contributed by atoms with Crippen LogP contribution in [0.4, 0.5) is 0 Å². The van der Waals surface area contributed by atoms with Crippen molar-refractivity contribution in [2.24, 2.45) is 11.8 Å². The molecule has 1 saturated carbocycles. The fraction of sp³-hybridized carbons (Fsp3) is 0.471. The Morgan fingerprint density at radius 1 is 1.19 bits per heavy atom. The molecule has 21 heavy (non-hydrogen) atoms. The van der Waals surface area contributed by atoms with Crippen molar-refractivity contribution in [2.75, 3.05) is 7.05 Å². The predicted octanol–water partition coefficient (Wildman–Crippen LogP) is 2.42. The van der Waals surface area contributed by atoms with Crippen molar-refractivity contribution in [2.45, 2.75) is 31.6 Å². The molecule has 1 aromatic rings. The lowest BCUT2D eigenvalue weighted by atomic mass is 9.75. The van der Waals surface area contributed by atoms with E-state index in [0.717, 1.165) is 25.7 Å². The van der Waals surface area contributed by atoms with Gasteiger partial charge in [-0.05, 0) is 37.2 Å². The predicted molar refractivity (Wildman–Crippen MR) is 79.3 cm³/mol. The van der Waals surface area contributed by atoms with Crippen LogP contribution in [0.5, 0.6) is 0 Å². The lowest BCUT2D eigenvalue weighted by Gasteiger charge is -2.28. The van der Waals surface area contributed by atoms with Gasteiger partial charge in [-0.3, -0.25) is 9.59 Å². The van der Waals surface area contributed by atoms with E-state index in [9.17, 15) is 9.59 Å². The van der Waals surface area contributed by atoms with E-state index in [-0.39, 0.29) is 11.7 Å². The third kappa shape index (κ3) is 3.49. The number of Topliss-reactive ketones (excluding diaryl/α,β-unsaturated/α-hetero) is 1. The molecule has 0 aliphatic heterocycles. The largest absolute Gasteiger partial charge is 0.358 e. The summed E-state index contributed by atoms with van der Waals surface area (Å²) in [6, 6.07) is 12.1. The van der Waals surface area contributed by atoms with Crippen molar-refractivity contribution >= 4 is 11.7 Å². The van der Waals surface area contributed by atoms with Crippen molar-refractivity contribution in [3.8, 4) is 6.07 Å². The lowest BCUT2D eigenvalue weighted by Crippen LogP contribution is -2.36. The minimum atomic E-state index is -1.16. The highest BCUT2D eigenvalue weighted by atomic mass is 16.2. The van der Waals surface area contributed by atoms with E-state index in [0.29, 0.717) is 5.92 Å². The van der Waals surface area contributed by atoms with Crippen LogP contribution in [-0.4, -0.2) is 18.7 Å². The molecule has 1 aliphatic rings. The van der Waals surface area contributed by atoms with Gasteiger partial charge in [-0.2, -0.15) is 5.26 Å². The van der Waals surface area contributed by atoms with Gasteiger partial charge in [0.15, 0.2) is 11.7 Å². The first-order valence-electron chi connectivity index (χ1n) is 7.37. The molecule has 0 spiro atoms. The van der Waals surface area contributed by atoms with Crippen LogP contribution in [0.3, 0.4) is 0 Å². The Balaban J connectivity index is 1.96. The van der Waals surface area contributed by atoms with E-state index in [1.54, 1.807) is 0 Å². The summed E-state index contributed by atoms with van der Waals surface area (Å²) in [6.45, 7) is 0. The van der Waals surface area contributed by atoms with Crippen molar-refractivity contribution in [3.05, 3.63) is 35.9 Å². The topological polar surface area (TPSA) is 70.0 Å². The highest BCUT2D eigenvalue weighted by Gasteiger charge is 2.34. The molecule has 1 fully saturated rings. The molecule has 1 atom stereocenters. The lowest BCUT2D eigenvalue weighted by molar-refractivity contribution is -0.134. The first-order valence-corrected chi connectivity index (χ1v) is 7.37. The van der Waals surface area contributed by atoms with Gasteiger partial charge in [0.2, 0.25) is 5.91 Å². The minimum absolute atomic E-state index is 0.160. The Morgan fingerprint density at radius 2 is 1.81 bits per heavy atom. The molecule has 1 aromatic carbocycles. The molecule has 1 N–H and O–H groups in total. The molecule has 0 unspecified atom stereocenters. The van der Waals surface area contributed by atoms with Gasteiger partial charge in [-0.15, -0.1) is 0 Å². The quantitative estimate of drug-likeness (QED) is 0.863. The average Bonchev–Trinajstić information content (AvgIpc) is 2.56. The van der Waals surface area contributed by atoms with Gasteiger partial charge in [-0.1, -0.05) is 30.3 Å². The van der Waals surface area contributed by atoms with E-state index in [1.807, 2.05) is 24.3 Å². The molecule has 110 valence electrons. The van der Waals surface area contributed by atoms with Crippen LogP contribution in [0, 0.1) is 23.2 Å². The van der Waals surface area contributed by atoms with E-state index in [1.165, 1.54) is 12.6 Å². The number of amides is 1. The van der Waals surface area contributed by atoms with Crippen molar-refractivity contribution in [1.29, 1.82) is 5.26 Å². The smallest absolute Gasteiger partial charge is 0.244 e. The van der Waals surface area contributed by atoms with Crippen molar-refractivity contribution in [3.63, 3.8) is 0 Å². The number of nitrogens with one attached hydrogen (secondary N) is 1. The summed E-state index contributed by atoms with van der Waals surface area (Å²) >= 11 is 0.